The molecular formula is C9H15N3S. The second-order valence-corrected chi connectivity index (χ2v) is 4.58. The van der Waals surface area contributed by atoms with E-state index in [1.807, 2.05) is 35.8 Å². The maximum absolute atomic E-state index is 4.30. The van der Waals surface area contributed by atoms with Crippen molar-refractivity contribution in [2.24, 2.45) is 7.05 Å². The minimum atomic E-state index is 0.619. The van der Waals surface area contributed by atoms with Gasteiger partial charge in [0.25, 0.3) is 0 Å². The summed E-state index contributed by atoms with van der Waals surface area (Å²) in [5.74, 6) is 3.55. The number of aryl methyl sites for hydroxylation is 1. The van der Waals surface area contributed by atoms with Crippen molar-refractivity contribution in [2.45, 2.75) is 18.9 Å². The minimum absolute atomic E-state index is 0.619. The van der Waals surface area contributed by atoms with Crippen LogP contribution in [0.4, 0.5) is 5.82 Å². The molecule has 72 valence electrons. The molecule has 0 aromatic carbocycles. The van der Waals surface area contributed by atoms with Crippen molar-refractivity contribution >= 4 is 17.6 Å². The molecule has 2 heterocycles. The van der Waals surface area contributed by atoms with E-state index in [2.05, 4.69) is 10.4 Å². The topological polar surface area (TPSA) is 29.9 Å². The van der Waals surface area contributed by atoms with Crippen molar-refractivity contribution in [1.29, 1.82) is 0 Å². The predicted molar refractivity (Wildman–Crippen MR) is 57.2 cm³/mol. The van der Waals surface area contributed by atoms with Gasteiger partial charge in [-0.2, -0.15) is 16.9 Å². The van der Waals surface area contributed by atoms with Crippen LogP contribution in [0.15, 0.2) is 12.3 Å². The van der Waals surface area contributed by atoms with E-state index in [9.17, 15) is 0 Å². The maximum Gasteiger partial charge on any atom is 0.148 e. The smallest absolute Gasteiger partial charge is 0.148 e. The number of hydrogen-bond donors (Lipinski definition) is 1. The molecule has 4 heteroatoms. The summed E-state index contributed by atoms with van der Waals surface area (Å²) >= 11 is 2.03. The average molecular weight is 197 g/mol. The van der Waals surface area contributed by atoms with E-state index in [0.29, 0.717) is 6.04 Å². The van der Waals surface area contributed by atoms with Crippen LogP contribution in [0.1, 0.15) is 12.8 Å². The Morgan fingerprint density at radius 1 is 1.69 bits per heavy atom. The molecule has 0 radical (unpaired) electrons. The Balaban J connectivity index is 1.89. The third-order valence-electron chi connectivity index (χ3n) is 2.23. The van der Waals surface area contributed by atoms with Crippen molar-refractivity contribution < 1.29 is 0 Å². The van der Waals surface area contributed by atoms with Gasteiger partial charge in [-0.1, -0.05) is 0 Å². The van der Waals surface area contributed by atoms with Gasteiger partial charge in [0, 0.05) is 31.1 Å². The SMILES string of the molecule is Cn1ccc(N[C@@H]2CCCSC2)n1. The van der Waals surface area contributed by atoms with Gasteiger partial charge in [0.05, 0.1) is 0 Å². The van der Waals surface area contributed by atoms with Gasteiger partial charge in [-0.3, -0.25) is 4.68 Å². The summed E-state index contributed by atoms with van der Waals surface area (Å²) < 4.78 is 1.83. The summed E-state index contributed by atoms with van der Waals surface area (Å²) in [7, 11) is 1.95. The molecule has 13 heavy (non-hydrogen) atoms. The van der Waals surface area contributed by atoms with Crippen LogP contribution in [0.5, 0.6) is 0 Å². The summed E-state index contributed by atoms with van der Waals surface area (Å²) in [5, 5.41) is 7.75. The molecule has 1 aromatic rings. The largest absolute Gasteiger partial charge is 0.365 e. The molecule has 1 aromatic heterocycles. The number of hydrogen-bond acceptors (Lipinski definition) is 3. The summed E-state index contributed by atoms with van der Waals surface area (Å²) in [6.45, 7) is 0. The highest BCUT2D eigenvalue weighted by Gasteiger charge is 2.13. The quantitative estimate of drug-likeness (QED) is 0.783. The van der Waals surface area contributed by atoms with Crippen LogP contribution in [-0.4, -0.2) is 27.3 Å². The van der Waals surface area contributed by atoms with E-state index in [1.165, 1.54) is 24.3 Å². The van der Waals surface area contributed by atoms with Gasteiger partial charge >= 0.3 is 0 Å². The summed E-state index contributed by atoms with van der Waals surface area (Å²) in [5.41, 5.74) is 0. The zero-order chi connectivity index (χ0) is 9.10. The molecule has 1 fully saturated rings. The highest BCUT2D eigenvalue weighted by atomic mass is 32.2. The van der Waals surface area contributed by atoms with Crippen molar-refractivity contribution in [3.8, 4) is 0 Å². The predicted octanol–water partition coefficient (Wildman–Crippen LogP) is 1.73. The molecule has 0 unspecified atom stereocenters. The lowest BCUT2D eigenvalue weighted by molar-refractivity contribution is 0.676. The van der Waals surface area contributed by atoms with E-state index in [1.54, 1.807) is 0 Å². The van der Waals surface area contributed by atoms with Crippen molar-refractivity contribution in [2.75, 3.05) is 16.8 Å². The Kier molecular flexibility index (Phi) is 2.78. The number of aromatic nitrogens is 2. The number of nitrogens with zero attached hydrogens (tertiary/aromatic N) is 2. The van der Waals surface area contributed by atoms with Gasteiger partial charge in [0.1, 0.15) is 5.82 Å². The van der Waals surface area contributed by atoms with E-state index in [4.69, 9.17) is 0 Å². The van der Waals surface area contributed by atoms with Crippen LogP contribution < -0.4 is 5.32 Å². The third kappa shape index (κ3) is 2.40. The fraction of sp³-hybridized carbons (Fsp3) is 0.667. The maximum atomic E-state index is 4.30. The number of nitrogens with one attached hydrogen (secondary N) is 1. The first-order valence-corrected chi connectivity index (χ1v) is 5.84. The molecule has 2 rings (SSSR count). The molecule has 3 nitrogen and oxygen atoms in total. The first-order valence-electron chi connectivity index (χ1n) is 4.68. The van der Waals surface area contributed by atoms with Crippen molar-refractivity contribution in [3.63, 3.8) is 0 Å². The Morgan fingerprint density at radius 3 is 3.23 bits per heavy atom. The molecule has 1 aliphatic heterocycles. The summed E-state index contributed by atoms with van der Waals surface area (Å²) in [4.78, 5) is 0. The molecular weight excluding hydrogens is 182 g/mol. The van der Waals surface area contributed by atoms with Gasteiger partial charge in [-0.25, -0.2) is 0 Å². The molecule has 0 aliphatic carbocycles. The standard InChI is InChI=1S/C9H15N3S/c1-12-5-4-9(11-12)10-8-3-2-6-13-7-8/h4-5,8H,2-3,6-7H2,1H3,(H,10,11)/t8-/m1/s1. The van der Waals surface area contributed by atoms with Crippen LogP contribution >= 0.6 is 11.8 Å². The zero-order valence-electron chi connectivity index (χ0n) is 7.86. The lowest BCUT2D eigenvalue weighted by Crippen LogP contribution is -2.25. The van der Waals surface area contributed by atoms with E-state index in [0.717, 1.165) is 5.82 Å². The lowest BCUT2D eigenvalue weighted by atomic mass is 10.2. The van der Waals surface area contributed by atoms with Crippen molar-refractivity contribution in [3.05, 3.63) is 12.3 Å². The van der Waals surface area contributed by atoms with E-state index in [-0.39, 0.29) is 0 Å². The molecule has 0 bridgehead atoms. The molecule has 0 amide bonds. The Morgan fingerprint density at radius 2 is 2.62 bits per heavy atom. The second kappa shape index (κ2) is 4.05. The van der Waals surface area contributed by atoms with Crippen LogP contribution in [-0.2, 0) is 7.05 Å². The summed E-state index contributed by atoms with van der Waals surface area (Å²) in [6, 6.07) is 2.65. The van der Waals surface area contributed by atoms with Crippen LogP contribution in [0, 0.1) is 0 Å². The number of thioether (sulfide) groups is 1. The van der Waals surface area contributed by atoms with E-state index < -0.39 is 0 Å². The van der Waals surface area contributed by atoms with Gasteiger partial charge in [0.2, 0.25) is 0 Å². The Bertz CT molecular complexity index is 266. The molecule has 0 saturated carbocycles. The monoisotopic (exact) mass is 197 g/mol. The van der Waals surface area contributed by atoms with Crippen LogP contribution in [0.3, 0.4) is 0 Å². The van der Waals surface area contributed by atoms with Crippen LogP contribution in [0.2, 0.25) is 0 Å². The number of anilines is 1. The molecule has 1 aliphatic rings. The van der Waals surface area contributed by atoms with Crippen LogP contribution in [0.25, 0.3) is 0 Å². The molecule has 1 atom stereocenters. The van der Waals surface area contributed by atoms with E-state index >= 15 is 0 Å². The Hall–Kier alpha value is -0.640. The Labute approximate surface area is 82.9 Å². The minimum Gasteiger partial charge on any atom is -0.365 e. The molecule has 1 N–H and O–H groups in total. The van der Waals surface area contributed by atoms with Crippen molar-refractivity contribution in [1.82, 2.24) is 9.78 Å². The fourth-order valence-corrected chi connectivity index (χ4v) is 2.63. The molecule has 1 saturated heterocycles. The first-order chi connectivity index (χ1) is 6.34. The average Bonchev–Trinajstić information content (AvgIpc) is 2.53. The third-order valence-corrected chi connectivity index (χ3v) is 3.44. The highest BCUT2D eigenvalue weighted by molar-refractivity contribution is 7.99. The van der Waals surface area contributed by atoms with Gasteiger partial charge in [0.15, 0.2) is 0 Å². The molecule has 0 spiro atoms. The second-order valence-electron chi connectivity index (χ2n) is 3.43. The summed E-state index contributed by atoms with van der Waals surface area (Å²) in [6.07, 6.45) is 4.58. The lowest BCUT2D eigenvalue weighted by Gasteiger charge is -2.22. The van der Waals surface area contributed by atoms with Gasteiger partial charge < -0.3 is 5.32 Å². The fourth-order valence-electron chi connectivity index (χ4n) is 1.56. The normalized spacial score (nSPS) is 23.0. The van der Waals surface area contributed by atoms with Gasteiger partial charge in [-0.15, -0.1) is 0 Å². The first kappa shape index (κ1) is 8.94. The number of rotatable bonds is 2. The van der Waals surface area contributed by atoms with Gasteiger partial charge in [-0.05, 0) is 18.6 Å². The zero-order valence-corrected chi connectivity index (χ0v) is 8.68. The highest BCUT2D eigenvalue weighted by Crippen LogP contribution is 2.19.